The predicted molar refractivity (Wildman–Crippen MR) is 37.6 cm³/mol. The average molecular weight is 181 g/mol. The predicted octanol–water partition coefficient (Wildman–Crippen LogP) is 1.39. The Hall–Kier alpha value is -0.550. The summed E-state index contributed by atoms with van der Waals surface area (Å²) < 4.78 is 42.7. The SMILES string of the molecule is C=C(F)C(F)(F)N1CCOCC1. The number of ether oxygens (including phenoxy) is 1. The number of nitrogens with zero attached hydrogens (tertiary/aromatic N) is 1. The first-order chi connectivity index (χ1) is 5.55. The maximum Gasteiger partial charge on any atom is 0.357 e. The van der Waals surface area contributed by atoms with Crippen molar-refractivity contribution in [1.82, 2.24) is 4.90 Å². The fourth-order valence-corrected chi connectivity index (χ4v) is 1.02. The molecule has 1 aliphatic rings. The molecule has 0 radical (unpaired) electrons. The maximum atomic E-state index is 12.8. The molecule has 1 saturated heterocycles. The highest BCUT2D eigenvalue weighted by Gasteiger charge is 2.41. The molecule has 0 aromatic heterocycles. The number of hydrogen-bond acceptors (Lipinski definition) is 2. The lowest BCUT2D eigenvalue weighted by Gasteiger charge is -2.32. The lowest BCUT2D eigenvalue weighted by molar-refractivity contribution is -0.156. The van der Waals surface area contributed by atoms with E-state index in [1.165, 1.54) is 0 Å². The normalized spacial score (nSPS) is 20.9. The molecule has 1 rings (SSSR count). The van der Waals surface area contributed by atoms with Gasteiger partial charge in [0.25, 0.3) is 0 Å². The molecule has 0 amide bonds. The average Bonchev–Trinajstić information content (AvgIpc) is 2.06. The van der Waals surface area contributed by atoms with E-state index in [1.54, 1.807) is 0 Å². The van der Waals surface area contributed by atoms with Crippen molar-refractivity contribution in [3.05, 3.63) is 12.4 Å². The van der Waals surface area contributed by atoms with Crippen LogP contribution < -0.4 is 0 Å². The van der Waals surface area contributed by atoms with E-state index in [2.05, 4.69) is 6.58 Å². The van der Waals surface area contributed by atoms with E-state index in [4.69, 9.17) is 4.74 Å². The van der Waals surface area contributed by atoms with Crippen molar-refractivity contribution in [2.45, 2.75) is 6.05 Å². The van der Waals surface area contributed by atoms with Crippen molar-refractivity contribution in [2.24, 2.45) is 0 Å². The molecular formula is C7H10F3NO. The second-order valence-corrected chi connectivity index (χ2v) is 2.55. The summed E-state index contributed by atoms with van der Waals surface area (Å²) in [5.74, 6) is -1.61. The van der Waals surface area contributed by atoms with Crippen LogP contribution in [-0.4, -0.2) is 37.2 Å². The van der Waals surface area contributed by atoms with Crippen LogP contribution in [0.4, 0.5) is 13.2 Å². The van der Waals surface area contributed by atoms with Gasteiger partial charge >= 0.3 is 6.05 Å². The lowest BCUT2D eigenvalue weighted by Crippen LogP contribution is -2.48. The second kappa shape index (κ2) is 3.45. The number of hydrogen-bond donors (Lipinski definition) is 0. The van der Waals surface area contributed by atoms with E-state index in [9.17, 15) is 13.2 Å². The van der Waals surface area contributed by atoms with Crippen LogP contribution in [0.2, 0.25) is 0 Å². The van der Waals surface area contributed by atoms with Crippen molar-refractivity contribution in [3.8, 4) is 0 Å². The van der Waals surface area contributed by atoms with E-state index in [1.807, 2.05) is 0 Å². The van der Waals surface area contributed by atoms with Gasteiger partial charge in [-0.2, -0.15) is 8.78 Å². The van der Waals surface area contributed by atoms with Gasteiger partial charge in [0.05, 0.1) is 13.2 Å². The summed E-state index contributed by atoms with van der Waals surface area (Å²) in [6.45, 7) is 3.10. The molecule has 2 nitrogen and oxygen atoms in total. The second-order valence-electron chi connectivity index (χ2n) is 2.55. The van der Waals surface area contributed by atoms with Crippen LogP contribution in [0, 0.1) is 0 Å². The molecule has 5 heteroatoms. The zero-order valence-corrected chi connectivity index (χ0v) is 6.52. The zero-order chi connectivity index (χ0) is 9.19. The van der Waals surface area contributed by atoms with Gasteiger partial charge in [0.1, 0.15) is 0 Å². The van der Waals surface area contributed by atoms with E-state index in [0.717, 1.165) is 4.90 Å². The number of morpholine rings is 1. The minimum Gasteiger partial charge on any atom is -0.379 e. The molecule has 0 unspecified atom stereocenters. The quantitative estimate of drug-likeness (QED) is 0.597. The first-order valence-corrected chi connectivity index (χ1v) is 3.60. The van der Waals surface area contributed by atoms with Crippen LogP contribution in [0.25, 0.3) is 0 Å². The van der Waals surface area contributed by atoms with Crippen LogP contribution >= 0.6 is 0 Å². The first-order valence-electron chi connectivity index (χ1n) is 3.60. The Labute approximate surface area is 68.6 Å². The minimum atomic E-state index is -3.54. The molecule has 0 aromatic rings. The molecular weight excluding hydrogens is 171 g/mol. The van der Waals surface area contributed by atoms with Crippen molar-refractivity contribution in [2.75, 3.05) is 26.3 Å². The van der Waals surface area contributed by atoms with E-state index in [-0.39, 0.29) is 26.3 Å². The summed E-state index contributed by atoms with van der Waals surface area (Å²) >= 11 is 0. The highest BCUT2D eigenvalue weighted by atomic mass is 19.3. The van der Waals surface area contributed by atoms with Gasteiger partial charge in [0.15, 0.2) is 5.83 Å². The monoisotopic (exact) mass is 181 g/mol. The van der Waals surface area contributed by atoms with Gasteiger partial charge in [-0.25, -0.2) is 9.29 Å². The van der Waals surface area contributed by atoms with Crippen LogP contribution in [0.1, 0.15) is 0 Å². The molecule has 12 heavy (non-hydrogen) atoms. The third-order valence-electron chi connectivity index (χ3n) is 1.73. The number of halogens is 3. The van der Waals surface area contributed by atoms with Gasteiger partial charge in [0.2, 0.25) is 0 Å². The van der Waals surface area contributed by atoms with E-state index >= 15 is 0 Å². The van der Waals surface area contributed by atoms with Crippen LogP contribution in [0.5, 0.6) is 0 Å². The van der Waals surface area contributed by atoms with Gasteiger partial charge in [-0.15, -0.1) is 0 Å². The molecule has 1 heterocycles. The largest absolute Gasteiger partial charge is 0.379 e. The molecule has 0 saturated carbocycles. The highest BCUT2D eigenvalue weighted by molar-refractivity contribution is 4.97. The summed E-state index contributed by atoms with van der Waals surface area (Å²) in [7, 11) is 0. The van der Waals surface area contributed by atoms with Crippen molar-refractivity contribution < 1.29 is 17.9 Å². The molecule has 0 aliphatic carbocycles. The molecule has 70 valence electrons. The van der Waals surface area contributed by atoms with Gasteiger partial charge in [0, 0.05) is 13.1 Å². The first kappa shape index (κ1) is 9.54. The molecule has 0 spiro atoms. The van der Waals surface area contributed by atoms with E-state index in [0.29, 0.717) is 0 Å². The summed E-state index contributed by atoms with van der Waals surface area (Å²) in [4.78, 5) is 0.721. The molecule has 0 atom stereocenters. The summed E-state index contributed by atoms with van der Waals surface area (Å²) in [6, 6.07) is -3.54. The van der Waals surface area contributed by atoms with Gasteiger partial charge in [-0.05, 0) is 0 Å². The molecule has 0 N–H and O–H groups in total. The highest BCUT2D eigenvalue weighted by Crippen LogP contribution is 2.28. The Morgan fingerprint density at radius 1 is 1.33 bits per heavy atom. The summed E-state index contributed by atoms with van der Waals surface area (Å²) in [6.07, 6.45) is 0. The zero-order valence-electron chi connectivity index (χ0n) is 6.52. The molecule has 0 aromatic carbocycles. The summed E-state index contributed by atoms with van der Waals surface area (Å²) in [5, 5.41) is 0. The number of alkyl halides is 2. The Morgan fingerprint density at radius 3 is 2.25 bits per heavy atom. The smallest absolute Gasteiger partial charge is 0.357 e. The fourth-order valence-electron chi connectivity index (χ4n) is 1.02. The Bertz CT molecular complexity index is 177. The minimum absolute atomic E-state index is 0.0376. The third kappa shape index (κ3) is 1.78. The van der Waals surface area contributed by atoms with Gasteiger partial charge in [-0.3, -0.25) is 0 Å². The molecule has 1 fully saturated rings. The van der Waals surface area contributed by atoms with Gasteiger partial charge in [-0.1, -0.05) is 6.58 Å². The van der Waals surface area contributed by atoms with E-state index < -0.39 is 11.9 Å². The van der Waals surface area contributed by atoms with Crippen LogP contribution in [-0.2, 0) is 4.74 Å². The summed E-state index contributed by atoms with van der Waals surface area (Å²) in [5.41, 5.74) is 0. The third-order valence-corrected chi connectivity index (χ3v) is 1.73. The van der Waals surface area contributed by atoms with Crippen LogP contribution in [0.3, 0.4) is 0 Å². The Morgan fingerprint density at radius 2 is 1.83 bits per heavy atom. The van der Waals surface area contributed by atoms with Crippen molar-refractivity contribution in [3.63, 3.8) is 0 Å². The fraction of sp³-hybridized carbons (Fsp3) is 0.714. The van der Waals surface area contributed by atoms with Crippen LogP contribution in [0.15, 0.2) is 12.4 Å². The number of rotatable bonds is 2. The van der Waals surface area contributed by atoms with Crippen molar-refractivity contribution >= 4 is 0 Å². The topological polar surface area (TPSA) is 12.5 Å². The Balaban J connectivity index is 2.59. The molecule has 0 bridgehead atoms. The van der Waals surface area contributed by atoms with Crippen molar-refractivity contribution in [1.29, 1.82) is 0 Å². The standard InChI is InChI=1S/C7H10F3NO/c1-6(8)7(9,10)11-2-4-12-5-3-11/h1-5H2. The Kier molecular flexibility index (Phi) is 2.74. The molecule has 1 aliphatic heterocycles. The lowest BCUT2D eigenvalue weighted by atomic mass is 10.3. The maximum absolute atomic E-state index is 12.8. The van der Waals surface area contributed by atoms with Gasteiger partial charge < -0.3 is 4.74 Å².